The second-order valence-corrected chi connectivity index (χ2v) is 6.96. The van der Waals surface area contributed by atoms with Crippen molar-refractivity contribution in [3.63, 3.8) is 0 Å². The van der Waals surface area contributed by atoms with Gasteiger partial charge in [-0.3, -0.25) is 0 Å². The first-order valence-corrected chi connectivity index (χ1v) is 9.51. The fourth-order valence-corrected chi connectivity index (χ4v) is 3.79. The molecule has 1 fully saturated rings. The number of fused-ring (bicyclic) bond motifs is 1. The summed E-state index contributed by atoms with van der Waals surface area (Å²) < 4.78 is 18.4. The number of aromatic nitrogens is 4. The van der Waals surface area contributed by atoms with Crippen LogP contribution in [-0.4, -0.2) is 44.9 Å². The Balaban J connectivity index is 1.74. The van der Waals surface area contributed by atoms with E-state index < -0.39 is 12.1 Å². The summed E-state index contributed by atoms with van der Waals surface area (Å²) in [4.78, 5) is 11.8. The van der Waals surface area contributed by atoms with Crippen LogP contribution in [0.3, 0.4) is 0 Å². The Labute approximate surface area is 170 Å². The van der Waals surface area contributed by atoms with Gasteiger partial charge in [0.05, 0.1) is 12.5 Å². The van der Waals surface area contributed by atoms with Crippen molar-refractivity contribution in [1.82, 2.24) is 20.2 Å². The molecule has 2 aromatic carbocycles. The highest BCUT2D eigenvalue weighted by Crippen LogP contribution is 2.38. The van der Waals surface area contributed by atoms with E-state index in [4.69, 9.17) is 14.0 Å². The number of ether oxygens (including phenoxy) is 2. The van der Waals surface area contributed by atoms with Gasteiger partial charge in [-0.2, -0.15) is 0 Å². The predicted octanol–water partition coefficient (Wildman–Crippen LogP) is 3.63. The molecule has 1 saturated heterocycles. The highest BCUT2D eigenvalue weighted by molar-refractivity contribution is 5.94. The van der Waals surface area contributed by atoms with Crippen molar-refractivity contribution in [1.29, 1.82) is 0 Å². The molecule has 0 amide bonds. The summed E-state index contributed by atoms with van der Waals surface area (Å²) in [5.41, 5.74) is 2.30. The molecule has 0 bridgehead atoms. The van der Waals surface area contributed by atoms with Crippen molar-refractivity contribution in [2.75, 3.05) is 13.7 Å². The fourth-order valence-electron chi connectivity index (χ4n) is 3.79. The van der Waals surface area contributed by atoms with Crippen LogP contribution in [0.2, 0.25) is 0 Å². The number of carboxylic acids is 1. The molecule has 9 nitrogen and oxygen atoms in total. The molecule has 1 aliphatic rings. The Morgan fingerprint density at radius 1 is 1.27 bits per heavy atom. The maximum atomic E-state index is 11.8. The van der Waals surface area contributed by atoms with E-state index in [0.717, 1.165) is 17.4 Å². The molecular formula is C21H18N4O5. The Bertz CT molecular complexity index is 1230. The minimum Gasteiger partial charge on any atom is -0.494 e. The van der Waals surface area contributed by atoms with E-state index in [2.05, 4.69) is 15.5 Å². The third-order valence-electron chi connectivity index (χ3n) is 5.18. The number of carbonyl (C=O) groups is 1. The molecule has 2 aromatic heterocycles. The van der Waals surface area contributed by atoms with Crippen molar-refractivity contribution in [2.45, 2.75) is 18.9 Å². The number of carboxylic acid groups (broad SMARTS) is 1. The van der Waals surface area contributed by atoms with E-state index in [1.165, 1.54) is 11.8 Å². The third-order valence-corrected chi connectivity index (χ3v) is 5.18. The van der Waals surface area contributed by atoms with E-state index >= 15 is 0 Å². The van der Waals surface area contributed by atoms with Gasteiger partial charge in [-0.15, -0.1) is 5.10 Å². The maximum absolute atomic E-state index is 11.8. The number of hydrogen-bond donors (Lipinski definition) is 1. The predicted molar refractivity (Wildman–Crippen MR) is 106 cm³/mol. The lowest BCUT2D eigenvalue weighted by Crippen LogP contribution is -2.12. The molecule has 3 heterocycles. The Morgan fingerprint density at radius 2 is 2.10 bits per heavy atom. The van der Waals surface area contributed by atoms with Crippen LogP contribution in [0, 0.1) is 0 Å². The first-order chi connectivity index (χ1) is 14.7. The highest BCUT2D eigenvalue weighted by atomic mass is 16.5. The number of hydrogen-bond acceptors (Lipinski definition) is 7. The zero-order valence-electron chi connectivity index (χ0n) is 16.1. The van der Waals surface area contributed by atoms with E-state index in [0.29, 0.717) is 41.4 Å². The molecule has 30 heavy (non-hydrogen) atoms. The van der Waals surface area contributed by atoms with Gasteiger partial charge < -0.3 is 19.1 Å². The fraction of sp³-hybridized carbons (Fsp3) is 0.238. The minimum atomic E-state index is -1.15. The topological polar surface area (TPSA) is 112 Å². The van der Waals surface area contributed by atoms with E-state index in [1.807, 2.05) is 36.4 Å². The first-order valence-electron chi connectivity index (χ1n) is 9.51. The van der Waals surface area contributed by atoms with Crippen LogP contribution in [0.4, 0.5) is 0 Å². The third kappa shape index (κ3) is 2.91. The molecule has 0 radical (unpaired) electrons. The van der Waals surface area contributed by atoms with Crippen LogP contribution in [0.15, 0.2) is 47.0 Å². The average Bonchev–Trinajstić information content (AvgIpc) is 3.51. The standard InChI is InChI=1S/C21H18N4O5/c1-28-17-11-14-13(20(30-23-14)12-6-3-2-4-7-12)10-15(17)25-19(16-8-5-9-29-16)18(21(26)27)22-24-25/h2-4,6-7,10-11,16H,5,8-9H2,1H3,(H,26,27). The van der Waals surface area contributed by atoms with Crippen molar-refractivity contribution >= 4 is 16.9 Å². The van der Waals surface area contributed by atoms with Crippen LogP contribution in [-0.2, 0) is 4.74 Å². The quantitative estimate of drug-likeness (QED) is 0.535. The molecular weight excluding hydrogens is 388 g/mol. The Hall–Kier alpha value is -3.72. The molecule has 0 aliphatic carbocycles. The number of nitrogens with zero attached hydrogens (tertiary/aromatic N) is 4. The molecule has 0 saturated carbocycles. The minimum absolute atomic E-state index is 0.127. The monoisotopic (exact) mass is 406 g/mol. The van der Waals surface area contributed by atoms with Crippen LogP contribution >= 0.6 is 0 Å². The zero-order chi connectivity index (χ0) is 20.7. The van der Waals surface area contributed by atoms with Gasteiger partial charge in [-0.1, -0.05) is 40.7 Å². The molecule has 4 aromatic rings. The van der Waals surface area contributed by atoms with Crippen LogP contribution in [0.5, 0.6) is 5.75 Å². The van der Waals surface area contributed by atoms with Crippen molar-refractivity contribution in [3.8, 4) is 22.8 Å². The summed E-state index contributed by atoms with van der Waals surface area (Å²) in [6.07, 6.45) is 1.14. The Kier molecular flexibility index (Phi) is 4.44. The summed E-state index contributed by atoms with van der Waals surface area (Å²) in [6.45, 7) is 0.564. The molecule has 152 valence electrons. The van der Waals surface area contributed by atoms with Gasteiger partial charge in [0.15, 0.2) is 11.5 Å². The van der Waals surface area contributed by atoms with Gasteiger partial charge in [-0.05, 0) is 18.9 Å². The lowest BCUT2D eigenvalue weighted by molar-refractivity contribution is 0.0673. The van der Waals surface area contributed by atoms with E-state index in [-0.39, 0.29) is 5.69 Å². The molecule has 1 N–H and O–H groups in total. The van der Waals surface area contributed by atoms with E-state index in [1.54, 1.807) is 6.07 Å². The molecule has 0 spiro atoms. The molecule has 1 unspecified atom stereocenters. The summed E-state index contributed by atoms with van der Waals surface area (Å²) in [5, 5.41) is 22.6. The number of rotatable bonds is 5. The molecule has 1 aliphatic heterocycles. The number of benzene rings is 2. The van der Waals surface area contributed by atoms with Gasteiger partial charge in [0.25, 0.3) is 0 Å². The SMILES string of the molecule is COc1cc2noc(-c3ccccc3)c2cc1-n1nnc(C(=O)O)c1C1CCCO1. The van der Waals surface area contributed by atoms with Crippen molar-refractivity contribution < 1.29 is 23.9 Å². The second kappa shape index (κ2) is 7.27. The largest absolute Gasteiger partial charge is 0.494 e. The molecule has 5 rings (SSSR count). The maximum Gasteiger partial charge on any atom is 0.358 e. The van der Waals surface area contributed by atoms with Gasteiger partial charge >= 0.3 is 5.97 Å². The summed E-state index contributed by atoms with van der Waals surface area (Å²) in [5.74, 6) is -0.0787. The summed E-state index contributed by atoms with van der Waals surface area (Å²) in [7, 11) is 1.53. The number of aromatic carboxylic acids is 1. The number of methoxy groups -OCH3 is 1. The summed E-state index contributed by atoms with van der Waals surface area (Å²) in [6, 6.07) is 13.2. The highest BCUT2D eigenvalue weighted by Gasteiger charge is 2.31. The Morgan fingerprint density at radius 3 is 2.80 bits per heavy atom. The molecule has 9 heteroatoms. The van der Waals surface area contributed by atoms with Gasteiger partial charge in [0.1, 0.15) is 28.8 Å². The average molecular weight is 406 g/mol. The van der Waals surface area contributed by atoms with Crippen LogP contribution < -0.4 is 4.74 Å². The smallest absolute Gasteiger partial charge is 0.358 e. The van der Waals surface area contributed by atoms with Crippen LogP contribution in [0.1, 0.15) is 35.1 Å². The second-order valence-electron chi connectivity index (χ2n) is 6.96. The van der Waals surface area contributed by atoms with Gasteiger partial charge in [0, 0.05) is 18.2 Å². The lowest BCUT2D eigenvalue weighted by atomic mass is 10.1. The van der Waals surface area contributed by atoms with Crippen molar-refractivity contribution in [3.05, 3.63) is 53.9 Å². The normalized spacial score (nSPS) is 16.2. The first kappa shape index (κ1) is 18.3. The lowest BCUT2D eigenvalue weighted by Gasteiger charge is -2.15. The van der Waals surface area contributed by atoms with E-state index in [9.17, 15) is 9.90 Å². The molecule has 1 atom stereocenters. The summed E-state index contributed by atoms with van der Waals surface area (Å²) >= 11 is 0. The van der Waals surface area contributed by atoms with Crippen molar-refractivity contribution in [2.24, 2.45) is 0 Å². The van der Waals surface area contributed by atoms with Crippen LogP contribution in [0.25, 0.3) is 27.9 Å². The van der Waals surface area contributed by atoms with Gasteiger partial charge in [-0.25, -0.2) is 9.48 Å². The zero-order valence-corrected chi connectivity index (χ0v) is 16.1. The van der Waals surface area contributed by atoms with Gasteiger partial charge in [0.2, 0.25) is 0 Å².